The summed E-state index contributed by atoms with van der Waals surface area (Å²) in [7, 11) is 3.12. The van der Waals surface area contributed by atoms with Gasteiger partial charge in [0, 0.05) is 23.6 Å². The average molecular weight is 600 g/mol. The summed E-state index contributed by atoms with van der Waals surface area (Å²) in [5.41, 5.74) is 3.94. The van der Waals surface area contributed by atoms with E-state index in [9.17, 15) is 34.8 Å². The number of aliphatic hydroxyl groups excluding tert-OH is 2. The quantitative estimate of drug-likeness (QED) is 0.220. The molecule has 2 unspecified atom stereocenters. The van der Waals surface area contributed by atoms with E-state index in [2.05, 4.69) is 5.32 Å². The van der Waals surface area contributed by atoms with Crippen LogP contribution in [0, 0.1) is 11.8 Å². The van der Waals surface area contributed by atoms with E-state index < -0.39 is 58.0 Å². The number of nitrogens with one attached hydrogen (secondary N) is 1. The Labute approximate surface area is 252 Å². The molecule has 6 rings (SSSR count). The number of benzene rings is 2. The lowest BCUT2D eigenvalue weighted by molar-refractivity contribution is -0.153. The molecule has 11 heteroatoms. The van der Waals surface area contributed by atoms with Gasteiger partial charge in [0.15, 0.2) is 11.4 Å². The summed E-state index contributed by atoms with van der Waals surface area (Å²) in [6.07, 6.45) is 0.175. The standard InChI is InChI=1S/C33H33N3O8/c1-36(2)27-21-13-17-12-20-19(23-11-8-18(44-23)15-35-14-16-6-4-3-5-7-16)9-10-22(37)25(20)28(38)24(17)30(40)33(21,43)31(41)26(29(27)39)32(34)42/h3-11,17,21,27,35,37-38,41,43H,12-15H2,1-2H3,(H2,34,42)/t17-,21-,27?,33?/m1/s1. The molecule has 1 amide bonds. The second-order valence-electron chi connectivity index (χ2n) is 11.8. The number of fused-ring (bicyclic) bond motifs is 3. The number of ketones is 2. The van der Waals surface area contributed by atoms with Gasteiger partial charge in [-0.05, 0) is 68.2 Å². The molecule has 3 aliphatic carbocycles. The highest BCUT2D eigenvalue weighted by Crippen LogP contribution is 2.53. The van der Waals surface area contributed by atoms with Gasteiger partial charge in [-0.15, -0.1) is 0 Å². The van der Waals surface area contributed by atoms with E-state index in [0.29, 0.717) is 35.7 Å². The summed E-state index contributed by atoms with van der Waals surface area (Å²) in [5.74, 6) is -5.71. The Morgan fingerprint density at radius 3 is 2.45 bits per heavy atom. The van der Waals surface area contributed by atoms with Crippen molar-refractivity contribution in [2.75, 3.05) is 14.1 Å². The topological polar surface area (TPSA) is 187 Å². The van der Waals surface area contributed by atoms with Crippen LogP contribution in [-0.4, -0.2) is 68.5 Å². The van der Waals surface area contributed by atoms with Crippen LogP contribution in [0.1, 0.15) is 28.9 Å². The first kappa shape index (κ1) is 29.4. The number of rotatable bonds is 7. The molecule has 44 heavy (non-hydrogen) atoms. The van der Waals surface area contributed by atoms with Gasteiger partial charge in [-0.25, -0.2) is 0 Å². The number of amides is 1. The lowest BCUT2D eigenvalue weighted by atomic mass is 9.57. The van der Waals surface area contributed by atoms with Gasteiger partial charge < -0.3 is 35.9 Å². The van der Waals surface area contributed by atoms with Crippen LogP contribution >= 0.6 is 0 Å². The second kappa shape index (κ2) is 10.8. The van der Waals surface area contributed by atoms with Gasteiger partial charge >= 0.3 is 0 Å². The molecule has 3 aliphatic rings. The summed E-state index contributed by atoms with van der Waals surface area (Å²) >= 11 is 0. The Bertz CT molecular complexity index is 1760. The van der Waals surface area contributed by atoms with Gasteiger partial charge in [0.2, 0.25) is 5.78 Å². The number of hydrogen-bond acceptors (Lipinski definition) is 10. The van der Waals surface area contributed by atoms with Gasteiger partial charge in [-0.1, -0.05) is 30.3 Å². The number of hydrogen-bond donors (Lipinski definition) is 6. The van der Waals surface area contributed by atoms with Crippen molar-refractivity contribution < 1.29 is 39.2 Å². The molecule has 1 heterocycles. The molecule has 4 atom stereocenters. The Balaban J connectivity index is 1.38. The van der Waals surface area contributed by atoms with Crippen molar-refractivity contribution in [2.45, 2.75) is 37.6 Å². The largest absolute Gasteiger partial charge is 0.508 e. The first-order valence-electron chi connectivity index (χ1n) is 14.3. The van der Waals surface area contributed by atoms with Crippen molar-refractivity contribution in [1.82, 2.24) is 10.2 Å². The summed E-state index contributed by atoms with van der Waals surface area (Å²) < 4.78 is 6.14. The van der Waals surface area contributed by atoms with E-state index in [1.807, 2.05) is 36.4 Å². The number of furan rings is 1. The molecule has 0 saturated heterocycles. The third-order valence-corrected chi connectivity index (χ3v) is 9.00. The number of primary amides is 1. The van der Waals surface area contributed by atoms with Gasteiger partial charge in [-0.2, -0.15) is 0 Å². The maximum atomic E-state index is 14.0. The molecule has 1 fully saturated rings. The van der Waals surface area contributed by atoms with E-state index >= 15 is 0 Å². The van der Waals surface area contributed by atoms with Crippen LogP contribution in [0.15, 0.2) is 75.9 Å². The highest BCUT2D eigenvalue weighted by molar-refractivity contribution is 6.24. The second-order valence-corrected chi connectivity index (χ2v) is 11.8. The number of phenols is 1. The number of nitrogens with zero attached hydrogens (tertiary/aromatic N) is 1. The minimum absolute atomic E-state index is 0.00761. The summed E-state index contributed by atoms with van der Waals surface area (Å²) in [5, 5.41) is 48.4. The minimum Gasteiger partial charge on any atom is -0.508 e. The summed E-state index contributed by atoms with van der Waals surface area (Å²) in [4.78, 5) is 40.9. The maximum absolute atomic E-state index is 14.0. The van der Waals surface area contributed by atoms with E-state index in [4.69, 9.17) is 10.2 Å². The minimum atomic E-state index is -2.68. The fraction of sp³-hybridized carbons (Fsp3) is 0.303. The molecule has 1 saturated carbocycles. The van der Waals surface area contributed by atoms with Gasteiger partial charge in [0.05, 0.1) is 18.2 Å². The van der Waals surface area contributed by atoms with Crippen LogP contribution in [-0.2, 0) is 33.9 Å². The monoisotopic (exact) mass is 599 g/mol. The van der Waals surface area contributed by atoms with Crippen molar-refractivity contribution in [2.24, 2.45) is 17.6 Å². The highest BCUT2D eigenvalue weighted by Gasteiger charge is 2.64. The van der Waals surface area contributed by atoms with Crippen molar-refractivity contribution in [3.8, 4) is 17.1 Å². The van der Waals surface area contributed by atoms with Crippen LogP contribution in [0.3, 0.4) is 0 Å². The third-order valence-electron chi connectivity index (χ3n) is 9.00. The lowest BCUT2D eigenvalue weighted by Crippen LogP contribution is -2.65. The van der Waals surface area contributed by atoms with Crippen LogP contribution in [0.25, 0.3) is 17.1 Å². The average Bonchev–Trinajstić information content (AvgIpc) is 3.44. The van der Waals surface area contributed by atoms with E-state index in [1.165, 1.54) is 11.0 Å². The van der Waals surface area contributed by atoms with Crippen molar-refractivity contribution >= 4 is 23.2 Å². The number of carbonyl (C=O) groups is 3. The Morgan fingerprint density at radius 2 is 1.77 bits per heavy atom. The number of carbonyl (C=O) groups excluding carboxylic acids is 3. The van der Waals surface area contributed by atoms with Crippen LogP contribution in [0.5, 0.6) is 5.75 Å². The van der Waals surface area contributed by atoms with Crippen molar-refractivity contribution in [3.05, 3.63) is 94.0 Å². The van der Waals surface area contributed by atoms with E-state index in [0.717, 1.165) is 5.56 Å². The number of likely N-dealkylation sites (N-methyl/N-ethyl adjacent to an activating group) is 1. The number of Topliss-reactive ketones (excluding diaryl/α,β-unsaturated/α-hetero) is 2. The predicted octanol–water partition coefficient (Wildman–Crippen LogP) is 2.51. The molecule has 0 radical (unpaired) electrons. The molecular formula is C33H33N3O8. The van der Waals surface area contributed by atoms with Crippen LogP contribution < -0.4 is 11.1 Å². The highest BCUT2D eigenvalue weighted by atomic mass is 16.4. The zero-order valence-electron chi connectivity index (χ0n) is 24.2. The van der Waals surface area contributed by atoms with Crippen LogP contribution in [0.4, 0.5) is 0 Å². The molecule has 228 valence electrons. The Hall–Kier alpha value is -4.71. The molecule has 11 nitrogen and oxygen atoms in total. The zero-order chi connectivity index (χ0) is 31.5. The normalized spacial score (nSPS) is 24.8. The SMILES string of the molecule is CN(C)C1C(=O)C(C(N)=O)=C(O)C2(O)C(=O)C3=C(O)c4c(O)ccc(-c5ccc(CNCc6ccccc6)o5)c4C[C@@H]3C[C@H]12. The molecule has 2 aromatic carbocycles. The molecule has 0 aliphatic heterocycles. The van der Waals surface area contributed by atoms with Gasteiger partial charge in [0.25, 0.3) is 5.91 Å². The molecular weight excluding hydrogens is 566 g/mol. The van der Waals surface area contributed by atoms with Crippen LogP contribution in [0.2, 0.25) is 0 Å². The fourth-order valence-electron chi connectivity index (χ4n) is 7.02. The predicted molar refractivity (Wildman–Crippen MR) is 159 cm³/mol. The number of phenolic OH excluding ortho intramolecular Hbond substituents is 1. The number of aromatic hydroxyl groups is 1. The number of nitrogens with two attached hydrogens (primary N) is 1. The Kier molecular flexibility index (Phi) is 7.19. The van der Waals surface area contributed by atoms with Crippen molar-refractivity contribution in [1.29, 1.82) is 0 Å². The third kappa shape index (κ3) is 4.43. The Morgan fingerprint density at radius 1 is 1.05 bits per heavy atom. The molecule has 7 N–H and O–H groups in total. The van der Waals surface area contributed by atoms with Crippen molar-refractivity contribution in [3.63, 3.8) is 0 Å². The van der Waals surface area contributed by atoms with E-state index in [1.54, 1.807) is 26.2 Å². The summed E-state index contributed by atoms with van der Waals surface area (Å²) in [6.45, 7) is 1.12. The maximum Gasteiger partial charge on any atom is 0.255 e. The summed E-state index contributed by atoms with van der Waals surface area (Å²) in [6, 6.07) is 15.5. The molecule has 0 spiro atoms. The first-order valence-corrected chi connectivity index (χ1v) is 14.3. The molecule has 3 aromatic rings. The lowest BCUT2D eigenvalue weighted by Gasteiger charge is -2.50. The first-order chi connectivity index (χ1) is 20.9. The smallest absolute Gasteiger partial charge is 0.255 e. The molecule has 0 bridgehead atoms. The van der Waals surface area contributed by atoms with Gasteiger partial charge in [-0.3, -0.25) is 19.3 Å². The zero-order valence-corrected chi connectivity index (χ0v) is 24.2. The van der Waals surface area contributed by atoms with E-state index in [-0.39, 0.29) is 29.7 Å². The van der Waals surface area contributed by atoms with Gasteiger partial charge in [0.1, 0.15) is 34.4 Å². The fourth-order valence-corrected chi connectivity index (χ4v) is 7.02. The molecule has 1 aromatic heterocycles. The number of aliphatic hydroxyl groups is 3.